The zero-order valence-corrected chi connectivity index (χ0v) is 13.6. The van der Waals surface area contributed by atoms with E-state index in [-0.39, 0.29) is 11.6 Å². The number of hydrogen-bond acceptors (Lipinski definition) is 2. The molecule has 0 saturated heterocycles. The van der Waals surface area contributed by atoms with E-state index < -0.39 is 0 Å². The number of esters is 1. The summed E-state index contributed by atoms with van der Waals surface area (Å²) in [4.78, 5) is 12.2. The first-order valence-electron chi connectivity index (χ1n) is 8.30. The standard InChI is InChI=1S/C18H30O2/c1-6-15-10-14-8-7-9-16(11-14)18(15,13(4)5)20-17(19)12(2)3/h13-16H,2,6-11H2,1,3-5H3. The van der Waals surface area contributed by atoms with Gasteiger partial charge in [-0.2, -0.15) is 0 Å². The zero-order chi connectivity index (χ0) is 14.9. The quantitative estimate of drug-likeness (QED) is 0.548. The molecule has 0 aliphatic heterocycles. The SMILES string of the molecule is C=C(C)C(=O)OC1(C(C)C)C(CC)CC2CCCC1C2. The van der Waals surface area contributed by atoms with E-state index in [2.05, 4.69) is 27.4 Å². The van der Waals surface area contributed by atoms with Gasteiger partial charge in [0.2, 0.25) is 0 Å². The van der Waals surface area contributed by atoms with Gasteiger partial charge in [0.25, 0.3) is 0 Å². The summed E-state index contributed by atoms with van der Waals surface area (Å²) in [5.74, 6) is 2.09. The largest absolute Gasteiger partial charge is 0.455 e. The van der Waals surface area contributed by atoms with Gasteiger partial charge in [-0.1, -0.05) is 40.2 Å². The molecular weight excluding hydrogens is 248 g/mol. The third-order valence-electron chi connectivity index (χ3n) is 5.69. The van der Waals surface area contributed by atoms with Crippen molar-refractivity contribution in [3.05, 3.63) is 12.2 Å². The third-order valence-corrected chi connectivity index (χ3v) is 5.69. The Balaban J connectivity index is 2.35. The number of ether oxygens (including phenoxy) is 1. The predicted octanol–water partition coefficient (Wildman–Crippen LogP) is 4.74. The Morgan fingerprint density at radius 2 is 2.05 bits per heavy atom. The van der Waals surface area contributed by atoms with Crippen molar-refractivity contribution in [2.24, 2.45) is 23.7 Å². The average Bonchev–Trinajstić information content (AvgIpc) is 2.41. The molecule has 2 saturated carbocycles. The molecule has 2 fully saturated rings. The van der Waals surface area contributed by atoms with Crippen LogP contribution in [0.2, 0.25) is 0 Å². The highest BCUT2D eigenvalue weighted by atomic mass is 16.6. The normalized spacial score (nSPS) is 36.8. The molecule has 2 nitrogen and oxygen atoms in total. The summed E-state index contributed by atoms with van der Waals surface area (Å²) in [5, 5.41) is 0. The lowest BCUT2D eigenvalue weighted by atomic mass is 9.55. The first-order valence-corrected chi connectivity index (χ1v) is 8.30. The second-order valence-electron chi connectivity index (χ2n) is 7.25. The van der Waals surface area contributed by atoms with Crippen LogP contribution in [0.4, 0.5) is 0 Å². The summed E-state index contributed by atoms with van der Waals surface area (Å²) in [5.41, 5.74) is 0.264. The van der Waals surface area contributed by atoms with Crippen molar-refractivity contribution in [2.75, 3.05) is 0 Å². The molecule has 4 atom stereocenters. The number of carbonyl (C=O) groups excluding carboxylic acids is 1. The fourth-order valence-electron chi connectivity index (χ4n) is 4.80. The summed E-state index contributed by atoms with van der Waals surface area (Å²) in [6, 6.07) is 0. The molecule has 2 heteroatoms. The number of hydrogen-bond donors (Lipinski definition) is 0. The molecule has 0 amide bonds. The maximum Gasteiger partial charge on any atom is 0.333 e. The van der Waals surface area contributed by atoms with Gasteiger partial charge in [0.1, 0.15) is 5.60 Å². The van der Waals surface area contributed by atoms with Crippen LogP contribution in [0.1, 0.15) is 66.2 Å². The Bertz CT molecular complexity index is 381. The summed E-state index contributed by atoms with van der Waals surface area (Å²) in [6.07, 6.45) is 7.47. The zero-order valence-electron chi connectivity index (χ0n) is 13.6. The van der Waals surface area contributed by atoms with E-state index in [1.54, 1.807) is 6.92 Å². The number of carbonyl (C=O) groups is 1. The minimum absolute atomic E-state index is 0.193. The van der Waals surface area contributed by atoms with E-state index in [1.807, 2.05) is 0 Å². The fraction of sp³-hybridized carbons (Fsp3) is 0.833. The van der Waals surface area contributed by atoms with Crippen LogP contribution in [0.3, 0.4) is 0 Å². The lowest BCUT2D eigenvalue weighted by Crippen LogP contribution is -2.57. The number of rotatable bonds is 4. The Hall–Kier alpha value is -0.790. The molecule has 20 heavy (non-hydrogen) atoms. The van der Waals surface area contributed by atoms with Gasteiger partial charge in [-0.25, -0.2) is 4.79 Å². The molecule has 0 heterocycles. The second-order valence-corrected chi connectivity index (χ2v) is 7.25. The van der Waals surface area contributed by atoms with Crippen molar-refractivity contribution in [1.82, 2.24) is 0 Å². The lowest BCUT2D eigenvalue weighted by molar-refractivity contribution is -0.199. The molecule has 2 aliphatic carbocycles. The van der Waals surface area contributed by atoms with E-state index in [4.69, 9.17) is 4.74 Å². The van der Waals surface area contributed by atoms with Gasteiger partial charge >= 0.3 is 5.97 Å². The Morgan fingerprint density at radius 1 is 1.35 bits per heavy atom. The van der Waals surface area contributed by atoms with Gasteiger partial charge in [-0.05, 0) is 56.3 Å². The smallest absolute Gasteiger partial charge is 0.333 e. The van der Waals surface area contributed by atoms with E-state index in [0.29, 0.717) is 23.3 Å². The van der Waals surface area contributed by atoms with Gasteiger partial charge in [-0.15, -0.1) is 0 Å². The van der Waals surface area contributed by atoms with Crippen molar-refractivity contribution < 1.29 is 9.53 Å². The Kier molecular flexibility index (Phi) is 4.61. The summed E-state index contributed by atoms with van der Waals surface area (Å²) < 4.78 is 6.15. The van der Waals surface area contributed by atoms with Crippen LogP contribution in [0, 0.1) is 23.7 Å². The maximum absolute atomic E-state index is 12.2. The third kappa shape index (κ3) is 2.54. The van der Waals surface area contributed by atoms with Crippen LogP contribution in [0.25, 0.3) is 0 Å². The predicted molar refractivity (Wildman–Crippen MR) is 82.3 cm³/mol. The van der Waals surface area contributed by atoms with Gasteiger partial charge in [0.15, 0.2) is 0 Å². The van der Waals surface area contributed by atoms with Crippen molar-refractivity contribution in [2.45, 2.75) is 71.8 Å². The van der Waals surface area contributed by atoms with Gasteiger partial charge in [-0.3, -0.25) is 0 Å². The minimum atomic E-state index is -0.262. The van der Waals surface area contributed by atoms with E-state index in [1.165, 1.54) is 32.1 Å². The Labute approximate surface area is 124 Å². The van der Waals surface area contributed by atoms with Gasteiger partial charge in [0, 0.05) is 5.57 Å². The molecule has 0 aromatic rings. The summed E-state index contributed by atoms with van der Waals surface area (Å²) in [6.45, 7) is 12.2. The summed E-state index contributed by atoms with van der Waals surface area (Å²) >= 11 is 0. The van der Waals surface area contributed by atoms with Crippen LogP contribution in [0.15, 0.2) is 12.2 Å². The highest BCUT2D eigenvalue weighted by Crippen LogP contribution is 2.54. The van der Waals surface area contributed by atoms with Crippen molar-refractivity contribution in [1.29, 1.82) is 0 Å². The molecule has 0 aromatic carbocycles. The average molecular weight is 278 g/mol. The highest BCUT2D eigenvalue weighted by molar-refractivity contribution is 5.87. The van der Waals surface area contributed by atoms with Crippen LogP contribution in [-0.2, 0) is 9.53 Å². The first-order chi connectivity index (χ1) is 9.41. The summed E-state index contributed by atoms with van der Waals surface area (Å²) in [7, 11) is 0. The van der Waals surface area contributed by atoms with Crippen molar-refractivity contribution >= 4 is 5.97 Å². The second kappa shape index (κ2) is 5.91. The molecule has 2 rings (SSSR count). The molecule has 2 bridgehead atoms. The molecule has 114 valence electrons. The molecule has 2 aliphatic rings. The monoisotopic (exact) mass is 278 g/mol. The highest BCUT2D eigenvalue weighted by Gasteiger charge is 2.55. The molecule has 4 unspecified atom stereocenters. The topological polar surface area (TPSA) is 26.3 Å². The molecule has 0 radical (unpaired) electrons. The van der Waals surface area contributed by atoms with Crippen molar-refractivity contribution in [3.63, 3.8) is 0 Å². The molecule has 0 spiro atoms. The Morgan fingerprint density at radius 3 is 2.60 bits per heavy atom. The van der Waals surface area contributed by atoms with Crippen LogP contribution < -0.4 is 0 Å². The van der Waals surface area contributed by atoms with E-state index >= 15 is 0 Å². The minimum Gasteiger partial charge on any atom is -0.455 e. The molecule has 0 aromatic heterocycles. The maximum atomic E-state index is 12.2. The number of fused-ring (bicyclic) bond motifs is 2. The van der Waals surface area contributed by atoms with Crippen LogP contribution >= 0.6 is 0 Å². The van der Waals surface area contributed by atoms with E-state index in [0.717, 1.165) is 12.3 Å². The van der Waals surface area contributed by atoms with E-state index in [9.17, 15) is 4.79 Å². The van der Waals surface area contributed by atoms with Crippen molar-refractivity contribution in [3.8, 4) is 0 Å². The van der Waals surface area contributed by atoms with Crippen LogP contribution in [-0.4, -0.2) is 11.6 Å². The lowest BCUT2D eigenvalue weighted by Gasteiger charge is -2.55. The fourth-order valence-corrected chi connectivity index (χ4v) is 4.80. The molecule has 0 N–H and O–H groups in total. The molecular formula is C18H30O2. The van der Waals surface area contributed by atoms with Crippen LogP contribution in [0.5, 0.6) is 0 Å². The van der Waals surface area contributed by atoms with Gasteiger partial charge in [0.05, 0.1) is 0 Å². The first kappa shape index (κ1) is 15.6. The van der Waals surface area contributed by atoms with Gasteiger partial charge < -0.3 is 4.74 Å².